The van der Waals surface area contributed by atoms with Gasteiger partial charge in [-0.2, -0.15) is 5.10 Å². The summed E-state index contributed by atoms with van der Waals surface area (Å²) in [4.78, 5) is 83.5. The highest BCUT2D eigenvalue weighted by Crippen LogP contribution is 2.14. The monoisotopic (exact) mass is 498 g/mol. The minimum absolute atomic E-state index is 0.198. The summed E-state index contributed by atoms with van der Waals surface area (Å²) in [5, 5.41) is 3.65. The van der Waals surface area contributed by atoms with E-state index in [4.69, 9.17) is 18.9 Å². The molecule has 0 radical (unpaired) electrons. The minimum Gasteiger partial charge on any atom is -0.462 e. The summed E-state index contributed by atoms with van der Waals surface area (Å²) in [6, 6.07) is 0. The predicted molar refractivity (Wildman–Crippen MR) is 116 cm³/mol. The maximum absolute atomic E-state index is 12.2. The number of carbonyl (C=O) groups is 5. The van der Waals surface area contributed by atoms with Gasteiger partial charge in [-0.1, -0.05) is 0 Å². The summed E-state index contributed by atoms with van der Waals surface area (Å²) in [5.41, 5.74) is 0.873. The number of esters is 4. The number of aromatic nitrogens is 2. The van der Waals surface area contributed by atoms with E-state index in [1.54, 1.807) is 0 Å². The lowest BCUT2D eigenvalue weighted by atomic mass is 10.1. The van der Waals surface area contributed by atoms with Crippen molar-refractivity contribution < 1.29 is 42.9 Å². The first-order valence-electron chi connectivity index (χ1n) is 10.1. The highest BCUT2D eigenvalue weighted by atomic mass is 16.6. The second-order valence-electron chi connectivity index (χ2n) is 7.11. The van der Waals surface area contributed by atoms with Gasteiger partial charge in [-0.25, -0.2) is 10.2 Å². The fourth-order valence-electron chi connectivity index (χ4n) is 2.64. The van der Waals surface area contributed by atoms with Gasteiger partial charge in [0.2, 0.25) is 0 Å². The maximum Gasteiger partial charge on any atom is 0.328 e. The van der Waals surface area contributed by atoms with Crippen molar-refractivity contribution in [3.05, 3.63) is 32.6 Å². The van der Waals surface area contributed by atoms with Crippen molar-refractivity contribution >= 4 is 36.0 Å². The molecular weight excluding hydrogens is 472 g/mol. The number of ether oxygens (including phenoxy) is 4. The predicted octanol–water partition coefficient (Wildman–Crippen LogP) is -1.69. The van der Waals surface area contributed by atoms with Crippen LogP contribution in [-0.2, 0) is 49.5 Å². The molecule has 0 unspecified atom stereocenters. The van der Waals surface area contributed by atoms with E-state index >= 15 is 0 Å². The summed E-state index contributed by atoms with van der Waals surface area (Å²) in [6.45, 7) is 4.63. The molecule has 0 aliphatic rings. The first kappa shape index (κ1) is 28.7. The van der Waals surface area contributed by atoms with Crippen molar-refractivity contribution in [1.29, 1.82) is 0 Å². The largest absolute Gasteiger partial charge is 0.462 e. The molecule has 0 fully saturated rings. The van der Waals surface area contributed by atoms with Crippen LogP contribution in [0.1, 0.15) is 33.3 Å². The van der Waals surface area contributed by atoms with Gasteiger partial charge in [0.05, 0.1) is 6.21 Å². The zero-order chi connectivity index (χ0) is 26.7. The Hall–Kier alpha value is -4.30. The highest BCUT2D eigenvalue weighted by Gasteiger charge is 2.37. The van der Waals surface area contributed by atoms with Crippen LogP contribution in [0.15, 0.2) is 20.9 Å². The van der Waals surface area contributed by atoms with E-state index in [9.17, 15) is 33.6 Å². The lowest BCUT2D eigenvalue weighted by Crippen LogP contribution is -2.48. The number of carbonyl (C=O) groups excluding carboxylic acids is 5. The van der Waals surface area contributed by atoms with E-state index in [1.165, 1.54) is 13.1 Å². The number of rotatable bonds is 11. The molecule has 0 bridgehead atoms. The summed E-state index contributed by atoms with van der Waals surface area (Å²) in [6.07, 6.45) is -2.33. The number of hydrazone groups is 1. The minimum atomic E-state index is -1.51. The number of hydrogen-bond donors (Lipinski definition) is 2. The van der Waals surface area contributed by atoms with Crippen molar-refractivity contribution in [1.82, 2.24) is 15.0 Å². The van der Waals surface area contributed by atoms with Crippen LogP contribution in [-0.4, -0.2) is 70.5 Å². The van der Waals surface area contributed by atoms with Gasteiger partial charge >= 0.3 is 29.6 Å². The maximum atomic E-state index is 12.2. The Labute approximate surface area is 198 Å². The summed E-state index contributed by atoms with van der Waals surface area (Å²) in [5.74, 6) is -4.02. The average Bonchev–Trinajstić information content (AvgIpc) is 2.72. The zero-order valence-electron chi connectivity index (χ0n) is 19.7. The van der Waals surface area contributed by atoms with Gasteiger partial charge < -0.3 is 18.9 Å². The van der Waals surface area contributed by atoms with Gasteiger partial charge in [0.25, 0.3) is 11.5 Å². The molecule has 3 atom stereocenters. The van der Waals surface area contributed by atoms with Gasteiger partial charge in [-0.3, -0.25) is 38.3 Å². The normalized spacial score (nSPS) is 13.3. The van der Waals surface area contributed by atoms with Gasteiger partial charge in [0.1, 0.15) is 13.2 Å². The summed E-state index contributed by atoms with van der Waals surface area (Å²) >= 11 is 0. The molecule has 1 heterocycles. The van der Waals surface area contributed by atoms with Crippen molar-refractivity contribution in [3.63, 3.8) is 0 Å². The molecule has 0 aliphatic carbocycles. The summed E-state index contributed by atoms with van der Waals surface area (Å²) in [7, 11) is 0. The molecule has 0 saturated heterocycles. The van der Waals surface area contributed by atoms with Gasteiger partial charge in [-0.15, -0.1) is 0 Å². The zero-order valence-corrected chi connectivity index (χ0v) is 19.7. The second kappa shape index (κ2) is 13.4. The van der Waals surface area contributed by atoms with E-state index < -0.39 is 72.5 Å². The van der Waals surface area contributed by atoms with Crippen molar-refractivity contribution in [3.8, 4) is 0 Å². The Morgan fingerprint density at radius 1 is 1.00 bits per heavy atom. The molecule has 2 N–H and O–H groups in total. The standard InChI is InChI=1S/C20H26N4O11/c1-10-7-24(20(31)22-19(10)30)8-17(29)23-21-6-15(33-12(3)26)18(35-14(5)28)16(34-13(4)27)9-32-11(2)25/h6-7,15-16,18H,8-9H2,1-5H3,(H,23,29)(H,22,30,31)/b21-6+/t15-,16-,18+/m0/s1. The molecule has 0 aliphatic heterocycles. The number of aromatic amines is 1. The average molecular weight is 498 g/mol. The number of nitrogens with one attached hydrogen (secondary N) is 2. The van der Waals surface area contributed by atoms with E-state index in [0.717, 1.165) is 38.5 Å². The third kappa shape index (κ3) is 10.4. The number of nitrogens with zero attached hydrogens (tertiary/aromatic N) is 2. The van der Waals surface area contributed by atoms with Gasteiger partial charge in [0.15, 0.2) is 18.3 Å². The number of aryl methyl sites for hydroxylation is 1. The van der Waals surface area contributed by atoms with Crippen LogP contribution in [0.25, 0.3) is 0 Å². The van der Waals surface area contributed by atoms with Crippen LogP contribution in [0.5, 0.6) is 0 Å². The van der Waals surface area contributed by atoms with Crippen molar-refractivity contribution in [2.75, 3.05) is 6.61 Å². The van der Waals surface area contributed by atoms with Crippen LogP contribution in [0.3, 0.4) is 0 Å². The Kier molecular flexibility index (Phi) is 11.0. The SMILES string of the molecule is CC(=O)OC[C@H](OC(C)=O)[C@H](OC(C)=O)[C@H](/C=N/NC(=O)Cn1cc(C)c(=O)[nH]c1=O)OC(C)=O. The fourth-order valence-corrected chi connectivity index (χ4v) is 2.64. The van der Waals surface area contributed by atoms with E-state index in [2.05, 4.69) is 10.5 Å². The Morgan fingerprint density at radius 3 is 2.14 bits per heavy atom. The first-order valence-corrected chi connectivity index (χ1v) is 10.1. The van der Waals surface area contributed by atoms with Crippen molar-refractivity contribution in [2.24, 2.45) is 5.10 Å². The number of amides is 1. The fraction of sp³-hybridized carbons (Fsp3) is 0.500. The molecule has 0 aromatic carbocycles. The Balaban J connectivity index is 3.13. The van der Waals surface area contributed by atoms with Crippen LogP contribution >= 0.6 is 0 Å². The molecule has 0 saturated carbocycles. The Morgan fingerprint density at radius 2 is 1.60 bits per heavy atom. The van der Waals surface area contributed by atoms with Gasteiger partial charge in [0, 0.05) is 39.5 Å². The van der Waals surface area contributed by atoms with E-state index in [0.29, 0.717) is 0 Å². The third-order valence-corrected chi connectivity index (χ3v) is 3.98. The third-order valence-electron chi connectivity index (χ3n) is 3.98. The lowest BCUT2D eigenvalue weighted by Gasteiger charge is -2.29. The Bertz CT molecular complexity index is 1110. The molecular formula is C20H26N4O11. The molecule has 192 valence electrons. The van der Waals surface area contributed by atoms with E-state index in [-0.39, 0.29) is 5.56 Å². The molecule has 1 aromatic rings. The molecule has 1 amide bonds. The van der Waals surface area contributed by atoms with Gasteiger partial charge in [-0.05, 0) is 6.92 Å². The van der Waals surface area contributed by atoms with Crippen LogP contribution in [0, 0.1) is 6.92 Å². The number of hydrogen-bond acceptors (Lipinski definition) is 12. The smallest absolute Gasteiger partial charge is 0.328 e. The lowest BCUT2D eigenvalue weighted by molar-refractivity contribution is -0.183. The van der Waals surface area contributed by atoms with Crippen LogP contribution < -0.4 is 16.7 Å². The van der Waals surface area contributed by atoms with Crippen LogP contribution in [0.2, 0.25) is 0 Å². The molecule has 35 heavy (non-hydrogen) atoms. The van der Waals surface area contributed by atoms with E-state index in [1.807, 2.05) is 4.98 Å². The molecule has 0 spiro atoms. The first-order chi connectivity index (χ1) is 16.3. The second-order valence-corrected chi connectivity index (χ2v) is 7.11. The van der Waals surface area contributed by atoms with Crippen LogP contribution in [0.4, 0.5) is 0 Å². The highest BCUT2D eigenvalue weighted by molar-refractivity contribution is 5.78. The van der Waals surface area contributed by atoms with Crippen molar-refractivity contribution in [2.45, 2.75) is 59.5 Å². The quantitative estimate of drug-likeness (QED) is 0.152. The topological polar surface area (TPSA) is 202 Å². The molecule has 1 rings (SSSR count). The number of H-pyrrole nitrogens is 1. The summed E-state index contributed by atoms with van der Waals surface area (Å²) < 4.78 is 21.1. The molecule has 15 nitrogen and oxygen atoms in total. The molecule has 1 aromatic heterocycles. The molecule has 15 heteroatoms.